The van der Waals surface area contributed by atoms with E-state index in [1.54, 1.807) is 37.3 Å². The first-order valence-corrected chi connectivity index (χ1v) is 9.39. The number of thioether (sulfide) groups is 1. The Kier molecular flexibility index (Phi) is 5.61. The van der Waals surface area contributed by atoms with Gasteiger partial charge in [0.05, 0.1) is 15.4 Å². The number of hydrogen-bond acceptors (Lipinski definition) is 7. The van der Waals surface area contributed by atoms with Gasteiger partial charge in [-0.2, -0.15) is 0 Å². The number of nitrogens with zero attached hydrogens (tertiary/aromatic N) is 2. The van der Waals surface area contributed by atoms with E-state index in [9.17, 15) is 24.8 Å². The minimum absolute atomic E-state index is 0.0954. The first-order chi connectivity index (χ1) is 13.3. The maximum Gasteiger partial charge on any atom is 0.326 e. The monoisotopic (exact) mass is 418 g/mol. The SMILES string of the molecule is CC[C@@H](C(=O)O)N1C(=O)/C(=C/c2ccc(-c3ccccc3[N+](=O)[O-])o2)SC1=S. The molecule has 1 N–H and O–H groups in total. The van der Waals surface area contributed by atoms with Crippen LogP contribution in [-0.2, 0) is 9.59 Å². The number of furan rings is 1. The van der Waals surface area contributed by atoms with E-state index in [1.807, 2.05) is 0 Å². The number of hydrogen-bond donors (Lipinski definition) is 1. The van der Waals surface area contributed by atoms with E-state index in [-0.39, 0.29) is 27.1 Å². The summed E-state index contributed by atoms with van der Waals surface area (Å²) < 4.78 is 5.81. The minimum Gasteiger partial charge on any atom is -0.480 e. The molecule has 1 atom stereocenters. The molecule has 8 nitrogen and oxygen atoms in total. The van der Waals surface area contributed by atoms with Gasteiger partial charge in [-0.25, -0.2) is 4.79 Å². The van der Waals surface area contributed by atoms with Crippen LogP contribution >= 0.6 is 24.0 Å². The number of aliphatic carboxylic acids is 1. The van der Waals surface area contributed by atoms with E-state index in [1.165, 1.54) is 12.1 Å². The first kappa shape index (κ1) is 19.8. The Bertz CT molecular complexity index is 1010. The summed E-state index contributed by atoms with van der Waals surface area (Å²) in [6.07, 6.45) is 1.67. The van der Waals surface area contributed by atoms with Gasteiger partial charge in [0.2, 0.25) is 0 Å². The third-order valence-electron chi connectivity index (χ3n) is 4.07. The highest BCUT2D eigenvalue weighted by Gasteiger charge is 2.39. The van der Waals surface area contributed by atoms with Crippen LogP contribution < -0.4 is 0 Å². The lowest BCUT2D eigenvalue weighted by atomic mass is 10.1. The molecule has 2 aromatic rings. The van der Waals surface area contributed by atoms with E-state index in [2.05, 4.69) is 0 Å². The molecule has 1 fully saturated rings. The molecule has 28 heavy (non-hydrogen) atoms. The Hall–Kier alpha value is -2.98. The van der Waals surface area contributed by atoms with Crippen molar-refractivity contribution in [1.82, 2.24) is 4.90 Å². The van der Waals surface area contributed by atoms with E-state index < -0.39 is 22.8 Å². The Morgan fingerprint density at radius 1 is 1.39 bits per heavy atom. The van der Waals surface area contributed by atoms with Gasteiger partial charge in [-0.3, -0.25) is 19.8 Å². The maximum atomic E-state index is 12.6. The van der Waals surface area contributed by atoms with Crippen LogP contribution in [0, 0.1) is 10.1 Å². The number of para-hydroxylation sites is 1. The van der Waals surface area contributed by atoms with E-state index in [4.69, 9.17) is 16.6 Å². The molecule has 1 amide bonds. The van der Waals surface area contributed by atoms with Gasteiger partial charge < -0.3 is 9.52 Å². The Morgan fingerprint density at radius 3 is 2.75 bits per heavy atom. The summed E-state index contributed by atoms with van der Waals surface area (Å²) in [4.78, 5) is 36.0. The van der Waals surface area contributed by atoms with Gasteiger partial charge in [0, 0.05) is 12.1 Å². The quantitative estimate of drug-likeness (QED) is 0.325. The predicted octanol–water partition coefficient (Wildman–Crippen LogP) is 3.92. The molecule has 1 aromatic carbocycles. The number of carboxylic acids is 1. The largest absolute Gasteiger partial charge is 0.480 e. The van der Waals surface area contributed by atoms with Crippen LogP contribution in [0.25, 0.3) is 17.4 Å². The van der Waals surface area contributed by atoms with Crippen molar-refractivity contribution >= 4 is 51.9 Å². The molecule has 144 valence electrons. The molecule has 0 aliphatic carbocycles. The second kappa shape index (κ2) is 7.95. The molecule has 10 heteroatoms. The summed E-state index contributed by atoms with van der Waals surface area (Å²) in [5.74, 6) is -1.05. The smallest absolute Gasteiger partial charge is 0.326 e. The van der Waals surface area contributed by atoms with Gasteiger partial charge in [-0.05, 0) is 24.6 Å². The number of thiocarbonyl (C=S) groups is 1. The van der Waals surface area contributed by atoms with Crippen LogP contribution in [0.3, 0.4) is 0 Å². The standard InChI is InChI=1S/C18H14N2O6S2/c1-2-12(17(22)23)19-16(21)15(28-18(19)27)9-10-7-8-14(26-10)11-5-3-4-6-13(11)20(24)25/h3-9,12H,2H2,1H3,(H,22,23)/b15-9-/t12-/m0/s1. The Labute approximate surface area is 169 Å². The summed E-state index contributed by atoms with van der Waals surface area (Å²) >= 11 is 6.15. The van der Waals surface area contributed by atoms with Crippen molar-refractivity contribution in [1.29, 1.82) is 0 Å². The molecular weight excluding hydrogens is 404 g/mol. The fourth-order valence-electron chi connectivity index (χ4n) is 2.76. The first-order valence-electron chi connectivity index (χ1n) is 8.17. The molecule has 0 unspecified atom stereocenters. The van der Waals surface area contributed by atoms with E-state index in [0.717, 1.165) is 16.7 Å². The van der Waals surface area contributed by atoms with Crippen molar-refractivity contribution in [2.24, 2.45) is 0 Å². The van der Waals surface area contributed by atoms with E-state index >= 15 is 0 Å². The fourth-order valence-corrected chi connectivity index (χ4v) is 4.10. The lowest BCUT2D eigenvalue weighted by Gasteiger charge is -2.21. The summed E-state index contributed by atoms with van der Waals surface area (Å²) in [5.41, 5.74) is 0.221. The zero-order valence-corrected chi connectivity index (χ0v) is 16.2. The maximum absolute atomic E-state index is 12.6. The number of carbonyl (C=O) groups is 2. The number of amides is 1. The van der Waals surface area contributed by atoms with Gasteiger partial charge >= 0.3 is 5.97 Å². The number of nitro groups is 1. The molecule has 1 saturated heterocycles. The number of rotatable bonds is 6. The van der Waals surface area contributed by atoms with Crippen molar-refractivity contribution < 1.29 is 24.0 Å². The summed E-state index contributed by atoms with van der Waals surface area (Å²) in [6.45, 7) is 1.66. The molecule has 1 aromatic heterocycles. The molecule has 1 aliphatic heterocycles. The van der Waals surface area contributed by atoms with Gasteiger partial charge in [-0.1, -0.05) is 43.0 Å². The van der Waals surface area contributed by atoms with Crippen molar-refractivity contribution in [3.63, 3.8) is 0 Å². The van der Waals surface area contributed by atoms with Gasteiger partial charge in [0.15, 0.2) is 0 Å². The molecule has 1 aliphatic rings. The predicted molar refractivity (Wildman–Crippen MR) is 108 cm³/mol. The zero-order valence-electron chi connectivity index (χ0n) is 14.5. The van der Waals surface area contributed by atoms with Crippen molar-refractivity contribution in [3.8, 4) is 11.3 Å². The number of benzene rings is 1. The van der Waals surface area contributed by atoms with Crippen LogP contribution in [-0.4, -0.2) is 37.2 Å². The van der Waals surface area contributed by atoms with Crippen LogP contribution in [0.15, 0.2) is 45.7 Å². The normalized spacial score (nSPS) is 16.6. The highest BCUT2D eigenvalue weighted by Crippen LogP contribution is 2.36. The van der Waals surface area contributed by atoms with Crippen LogP contribution in [0.2, 0.25) is 0 Å². The number of carboxylic acid groups (broad SMARTS) is 1. The Morgan fingerprint density at radius 2 is 2.11 bits per heavy atom. The van der Waals surface area contributed by atoms with Crippen LogP contribution in [0.1, 0.15) is 19.1 Å². The van der Waals surface area contributed by atoms with Crippen LogP contribution in [0.4, 0.5) is 5.69 Å². The van der Waals surface area contributed by atoms with Gasteiger partial charge in [0.25, 0.3) is 11.6 Å². The van der Waals surface area contributed by atoms with Crippen molar-refractivity contribution in [3.05, 3.63) is 57.2 Å². The molecule has 0 saturated carbocycles. The lowest BCUT2D eigenvalue weighted by molar-refractivity contribution is -0.384. The van der Waals surface area contributed by atoms with Gasteiger partial charge in [0.1, 0.15) is 21.9 Å². The summed E-state index contributed by atoms with van der Waals surface area (Å²) in [6, 6.07) is 8.28. The fraction of sp³-hybridized carbons (Fsp3) is 0.167. The minimum atomic E-state index is -1.13. The molecule has 0 spiro atoms. The highest BCUT2D eigenvalue weighted by atomic mass is 32.2. The van der Waals surface area contributed by atoms with Crippen molar-refractivity contribution in [2.75, 3.05) is 0 Å². The highest BCUT2D eigenvalue weighted by molar-refractivity contribution is 8.26. The average Bonchev–Trinajstić information content (AvgIpc) is 3.22. The van der Waals surface area contributed by atoms with Crippen LogP contribution in [0.5, 0.6) is 0 Å². The zero-order chi connectivity index (χ0) is 20.4. The van der Waals surface area contributed by atoms with Crippen molar-refractivity contribution in [2.45, 2.75) is 19.4 Å². The topological polar surface area (TPSA) is 114 Å². The third kappa shape index (κ3) is 3.69. The molecule has 2 heterocycles. The number of carbonyl (C=O) groups excluding carboxylic acids is 1. The summed E-state index contributed by atoms with van der Waals surface area (Å²) in [7, 11) is 0. The van der Waals surface area contributed by atoms with E-state index in [0.29, 0.717) is 11.3 Å². The van der Waals surface area contributed by atoms with Gasteiger partial charge in [-0.15, -0.1) is 0 Å². The summed E-state index contributed by atoms with van der Waals surface area (Å²) in [5, 5.41) is 20.5. The second-order valence-corrected chi connectivity index (χ2v) is 7.47. The molecule has 0 radical (unpaired) electrons. The Balaban J connectivity index is 1.90. The average molecular weight is 418 g/mol. The second-order valence-electron chi connectivity index (χ2n) is 5.79. The molecular formula is C18H14N2O6S2. The molecule has 0 bridgehead atoms. The lowest BCUT2D eigenvalue weighted by Crippen LogP contribution is -2.43. The molecule has 3 rings (SSSR count). The third-order valence-corrected chi connectivity index (χ3v) is 5.40. The number of nitro benzene ring substituents is 1.